The maximum Gasteiger partial charge on any atom is 0.255 e. The van der Waals surface area contributed by atoms with E-state index in [0.29, 0.717) is 31.6 Å². The van der Waals surface area contributed by atoms with Gasteiger partial charge in [0.25, 0.3) is 5.91 Å². The summed E-state index contributed by atoms with van der Waals surface area (Å²) in [5, 5.41) is 2.35. The van der Waals surface area contributed by atoms with Gasteiger partial charge in [-0.15, -0.1) is 0 Å². The number of amides is 4. The molecule has 1 aromatic carbocycles. The fourth-order valence-corrected chi connectivity index (χ4v) is 5.33. The highest BCUT2D eigenvalue weighted by molar-refractivity contribution is 6.05. The fraction of sp³-hybridized carbons (Fsp3) is 0.565. The fourth-order valence-electron chi connectivity index (χ4n) is 5.33. The minimum Gasteiger partial charge on any atom is -0.339 e. The summed E-state index contributed by atoms with van der Waals surface area (Å²) >= 11 is 0. The summed E-state index contributed by atoms with van der Waals surface area (Å²) in [5.41, 5.74) is 8.50. The van der Waals surface area contributed by atoms with Crippen LogP contribution in [0.3, 0.4) is 0 Å². The van der Waals surface area contributed by atoms with E-state index >= 15 is 0 Å². The Labute approximate surface area is 186 Å². The largest absolute Gasteiger partial charge is 0.339 e. The van der Waals surface area contributed by atoms with Gasteiger partial charge in [0.2, 0.25) is 17.7 Å². The Morgan fingerprint density at radius 3 is 2.53 bits per heavy atom. The number of rotatable bonds is 4. The van der Waals surface area contributed by atoms with Gasteiger partial charge < -0.3 is 15.5 Å². The van der Waals surface area contributed by atoms with Crippen molar-refractivity contribution in [1.82, 2.24) is 20.0 Å². The van der Waals surface area contributed by atoms with Crippen LogP contribution in [0.25, 0.3) is 0 Å². The first kappa shape index (κ1) is 21.1. The lowest BCUT2D eigenvalue weighted by Gasteiger charge is -2.41. The first-order chi connectivity index (χ1) is 15.4. The highest BCUT2D eigenvalue weighted by Crippen LogP contribution is 2.31. The van der Waals surface area contributed by atoms with E-state index in [9.17, 15) is 19.2 Å². The van der Waals surface area contributed by atoms with Crippen LogP contribution in [0.2, 0.25) is 0 Å². The number of nitrogens with two attached hydrogens (primary N) is 1. The normalized spacial score (nSPS) is 25.0. The number of hydrogen-bond acceptors (Lipinski definition) is 6. The number of piperidine rings is 2. The lowest BCUT2D eigenvalue weighted by atomic mass is 9.93. The molecule has 170 valence electrons. The number of nitrogens with one attached hydrogen (secondary N) is 1. The molecule has 4 amide bonds. The highest BCUT2D eigenvalue weighted by Gasteiger charge is 2.40. The third-order valence-corrected chi connectivity index (χ3v) is 7.23. The number of carbonyl (C=O) groups excluding carboxylic acids is 4. The molecule has 0 spiro atoms. The molecule has 3 fully saturated rings. The molecule has 0 saturated carbocycles. The van der Waals surface area contributed by atoms with Crippen molar-refractivity contribution in [2.75, 3.05) is 26.2 Å². The number of carbonyl (C=O) groups is 4. The van der Waals surface area contributed by atoms with Gasteiger partial charge in [0.15, 0.2) is 0 Å². The van der Waals surface area contributed by atoms with Crippen LogP contribution in [0.4, 0.5) is 0 Å². The summed E-state index contributed by atoms with van der Waals surface area (Å²) < 4.78 is 0. The molecular weight excluding hydrogens is 410 g/mol. The monoisotopic (exact) mass is 439 g/mol. The van der Waals surface area contributed by atoms with Gasteiger partial charge in [-0.1, -0.05) is 12.1 Å². The molecule has 0 bridgehead atoms. The molecule has 0 aromatic heterocycles. The van der Waals surface area contributed by atoms with Gasteiger partial charge in [-0.2, -0.15) is 0 Å². The molecular formula is C23H29N5O4. The van der Waals surface area contributed by atoms with Crippen molar-refractivity contribution < 1.29 is 19.2 Å². The van der Waals surface area contributed by atoms with Crippen LogP contribution in [0.1, 0.15) is 47.2 Å². The maximum atomic E-state index is 13.0. The van der Waals surface area contributed by atoms with E-state index < -0.39 is 6.04 Å². The molecule has 3 N–H and O–H groups in total. The van der Waals surface area contributed by atoms with Crippen LogP contribution in [-0.2, 0) is 27.5 Å². The topological polar surface area (TPSA) is 116 Å². The lowest BCUT2D eigenvalue weighted by molar-refractivity contribution is -0.141. The molecule has 1 atom stereocenters. The molecule has 3 saturated heterocycles. The van der Waals surface area contributed by atoms with Crippen molar-refractivity contribution in [3.05, 3.63) is 34.9 Å². The van der Waals surface area contributed by atoms with Gasteiger partial charge in [-0.25, -0.2) is 0 Å². The van der Waals surface area contributed by atoms with E-state index in [1.165, 1.54) is 0 Å². The van der Waals surface area contributed by atoms with E-state index in [1.54, 1.807) is 4.90 Å². The molecule has 4 aliphatic heterocycles. The summed E-state index contributed by atoms with van der Waals surface area (Å²) in [7, 11) is 0. The van der Waals surface area contributed by atoms with Crippen molar-refractivity contribution >= 4 is 23.6 Å². The molecule has 5 rings (SSSR count). The van der Waals surface area contributed by atoms with Gasteiger partial charge >= 0.3 is 0 Å². The lowest BCUT2D eigenvalue weighted by Crippen LogP contribution is -2.59. The van der Waals surface area contributed by atoms with E-state index in [2.05, 4.69) is 10.2 Å². The van der Waals surface area contributed by atoms with E-state index in [1.807, 2.05) is 23.1 Å². The second-order valence-corrected chi connectivity index (χ2v) is 9.40. The van der Waals surface area contributed by atoms with E-state index in [0.717, 1.165) is 43.6 Å². The molecule has 1 unspecified atom stereocenters. The average molecular weight is 440 g/mol. The zero-order chi connectivity index (χ0) is 22.4. The second kappa shape index (κ2) is 8.29. The minimum absolute atomic E-state index is 0.0739. The zero-order valence-corrected chi connectivity index (χ0v) is 18.1. The van der Waals surface area contributed by atoms with Crippen molar-refractivity contribution in [3.8, 4) is 0 Å². The number of nitrogens with zero attached hydrogens (tertiary/aromatic N) is 3. The van der Waals surface area contributed by atoms with E-state index in [4.69, 9.17) is 5.73 Å². The van der Waals surface area contributed by atoms with Crippen molar-refractivity contribution in [3.63, 3.8) is 0 Å². The number of benzene rings is 1. The second-order valence-electron chi connectivity index (χ2n) is 9.40. The van der Waals surface area contributed by atoms with Crippen LogP contribution >= 0.6 is 0 Å². The van der Waals surface area contributed by atoms with Gasteiger partial charge in [0.05, 0.1) is 0 Å². The predicted molar refractivity (Wildman–Crippen MR) is 115 cm³/mol. The Morgan fingerprint density at radius 1 is 1.09 bits per heavy atom. The Bertz CT molecular complexity index is 965. The molecule has 4 heterocycles. The van der Waals surface area contributed by atoms with Gasteiger partial charge in [-0.3, -0.25) is 29.4 Å². The summed E-state index contributed by atoms with van der Waals surface area (Å²) in [6.45, 7) is 4.13. The quantitative estimate of drug-likeness (QED) is 0.630. The molecule has 9 heteroatoms. The van der Waals surface area contributed by atoms with Crippen LogP contribution in [0, 0.1) is 5.92 Å². The van der Waals surface area contributed by atoms with Crippen LogP contribution in [0.15, 0.2) is 18.2 Å². The third-order valence-electron chi connectivity index (χ3n) is 7.23. The zero-order valence-electron chi connectivity index (χ0n) is 18.1. The van der Waals surface area contributed by atoms with Crippen molar-refractivity contribution in [2.45, 2.75) is 50.9 Å². The van der Waals surface area contributed by atoms with E-state index in [-0.39, 0.29) is 42.0 Å². The van der Waals surface area contributed by atoms with Gasteiger partial charge in [0.1, 0.15) is 6.04 Å². The minimum atomic E-state index is -0.600. The molecule has 1 aromatic rings. The summed E-state index contributed by atoms with van der Waals surface area (Å²) in [6.07, 6.45) is 2.28. The van der Waals surface area contributed by atoms with Crippen LogP contribution in [0.5, 0.6) is 0 Å². The van der Waals surface area contributed by atoms with Crippen molar-refractivity contribution in [1.29, 1.82) is 0 Å². The summed E-state index contributed by atoms with van der Waals surface area (Å²) in [6, 6.07) is 5.27. The summed E-state index contributed by atoms with van der Waals surface area (Å²) in [4.78, 5) is 55.1. The maximum absolute atomic E-state index is 13.0. The highest BCUT2D eigenvalue weighted by atomic mass is 16.2. The third kappa shape index (κ3) is 3.80. The smallest absolute Gasteiger partial charge is 0.255 e. The Hall–Kier alpha value is -2.78. The Kier molecular flexibility index (Phi) is 5.46. The van der Waals surface area contributed by atoms with Gasteiger partial charge in [0, 0.05) is 50.1 Å². The predicted octanol–water partition coefficient (Wildman–Crippen LogP) is -0.171. The molecule has 4 aliphatic rings. The van der Waals surface area contributed by atoms with Crippen LogP contribution in [-0.4, -0.2) is 76.6 Å². The average Bonchev–Trinajstić information content (AvgIpc) is 3.09. The molecule has 0 aliphatic carbocycles. The standard InChI is InChI=1S/C23H29N5O4/c24-16-11-27(12-16)22(31)14-6-8-26(9-7-14)10-15-2-1-3-17-18(15)13-28(23(17)32)19-4-5-20(29)25-21(19)30/h1-3,14,16,19H,4-13,24H2,(H,25,29,30). The molecule has 9 nitrogen and oxygen atoms in total. The van der Waals surface area contributed by atoms with Gasteiger partial charge in [-0.05, 0) is 49.5 Å². The first-order valence-corrected chi connectivity index (χ1v) is 11.4. The SMILES string of the molecule is NC1CN(C(=O)C2CCN(Cc3cccc4c3CN(C3CCC(=O)NC3=O)C4=O)CC2)C1. The Morgan fingerprint density at radius 2 is 1.84 bits per heavy atom. The molecule has 32 heavy (non-hydrogen) atoms. The number of hydrogen-bond donors (Lipinski definition) is 2. The van der Waals surface area contributed by atoms with Crippen molar-refractivity contribution in [2.24, 2.45) is 11.7 Å². The molecule has 0 radical (unpaired) electrons. The number of likely N-dealkylation sites (tertiary alicyclic amines) is 2. The number of fused-ring (bicyclic) bond motifs is 1. The number of imide groups is 1. The summed E-state index contributed by atoms with van der Waals surface area (Å²) in [5.74, 6) is -0.510. The van der Waals surface area contributed by atoms with Crippen LogP contribution < -0.4 is 11.1 Å². The Balaban J connectivity index is 1.22. The first-order valence-electron chi connectivity index (χ1n) is 11.4.